The molecular formula is C45H29N3OS. The van der Waals surface area contributed by atoms with Gasteiger partial charge in [0.15, 0.2) is 5.84 Å². The predicted molar refractivity (Wildman–Crippen MR) is 209 cm³/mol. The van der Waals surface area contributed by atoms with Crippen LogP contribution in [0.25, 0.3) is 64.4 Å². The smallest absolute Gasteiger partial charge is 0.159 e. The number of nitrogens with zero attached hydrogens (tertiary/aromatic N) is 2. The molecule has 0 fully saturated rings. The number of amidine groups is 2. The first-order chi connectivity index (χ1) is 24.8. The molecule has 4 nitrogen and oxygen atoms in total. The van der Waals surface area contributed by atoms with Crippen molar-refractivity contribution in [2.75, 3.05) is 0 Å². The fraction of sp³-hybridized carbons (Fsp3) is 0.0222. The minimum Gasteiger partial charge on any atom is -0.456 e. The highest BCUT2D eigenvalue weighted by Crippen LogP contribution is 2.44. The Kier molecular flexibility index (Phi) is 6.71. The first-order valence-corrected chi connectivity index (χ1v) is 17.6. The Balaban J connectivity index is 1.09. The van der Waals surface area contributed by atoms with Crippen LogP contribution in [0.3, 0.4) is 0 Å². The van der Waals surface area contributed by atoms with Gasteiger partial charge >= 0.3 is 0 Å². The summed E-state index contributed by atoms with van der Waals surface area (Å²) in [4.78, 5) is 10.2. The Hall–Kier alpha value is -6.30. The van der Waals surface area contributed by atoms with Gasteiger partial charge in [0.1, 0.15) is 23.2 Å². The van der Waals surface area contributed by atoms with E-state index >= 15 is 0 Å². The van der Waals surface area contributed by atoms with Gasteiger partial charge in [0, 0.05) is 47.6 Å². The third-order valence-corrected chi connectivity index (χ3v) is 10.8. The largest absolute Gasteiger partial charge is 0.456 e. The maximum absolute atomic E-state index is 6.14. The van der Waals surface area contributed by atoms with Crippen molar-refractivity contribution in [3.8, 4) is 22.3 Å². The monoisotopic (exact) mass is 659 g/mol. The van der Waals surface area contributed by atoms with Gasteiger partial charge in [-0.1, -0.05) is 140 Å². The molecule has 5 heteroatoms. The first kappa shape index (κ1) is 28.7. The summed E-state index contributed by atoms with van der Waals surface area (Å²) in [5.41, 5.74) is 9.76. The highest BCUT2D eigenvalue weighted by molar-refractivity contribution is 7.26. The molecule has 1 unspecified atom stereocenters. The molecule has 10 rings (SSSR count). The summed E-state index contributed by atoms with van der Waals surface area (Å²) >= 11 is 1.83. The summed E-state index contributed by atoms with van der Waals surface area (Å²) < 4.78 is 8.62. The first-order valence-electron chi connectivity index (χ1n) is 16.8. The third kappa shape index (κ3) is 4.82. The molecule has 1 N–H and O–H groups in total. The third-order valence-electron chi connectivity index (χ3n) is 9.57. The van der Waals surface area contributed by atoms with E-state index in [9.17, 15) is 0 Å². The number of nitrogens with one attached hydrogen (secondary N) is 1. The van der Waals surface area contributed by atoms with Gasteiger partial charge in [0.25, 0.3) is 0 Å². The fourth-order valence-corrected chi connectivity index (χ4v) is 8.41. The van der Waals surface area contributed by atoms with Crippen LogP contribution in [0.15, 0.2) is 178 Å². The topological polar surface area (TPSA) is 49.9 Å². The molecule has 2 aromatic heterocycles. The van der Waals surface area contributed by atoms with E-state index in [4.69, 9.17) is 14.4 Å². The molecule has 0 amide bonds. The van der Waals surface area contributed by atoms with Gasteiger partial charge in [-0.3, -0.25) is 0 Å². The minimum atomic E-state index is -0.237. The second-order valence-electron chi connectivity index (χ2n) is 12.6. The normalized spacial score (nSPS) is 14.6. The van der Waals surface area contributed by atoms with Crippen LogP contribution in [-0.4, -0.2) is 11.7 Å². The van der Waals surface area contributed by atoms with Gasteiger partial charge < -0.3 is 9.73 Å². The molecular weight excluding hydrogens is 631 g/mol. The summed E-state index contributed by atoms with van der Waals surface area (Å²) in [6, 6.07) is 57.5. The van der Waals surface area contributed by atoms with Crippen molar-refractivity contribution < 1.29 is 4.42 Å². The van der Waals surface area contributed by atoms with Crippen molar-refractivity contribution in [1.29, 1.82) is 0 Å². The van der Waals surface area contributed by atoms with Crippen LogP contribution in [0.2, 0.25) is 0 Å². The summed E-state index contributed by atoms with van der Waals surface area (Å²) in [6.45, 7) is 0. The molecule has 0 aliphatic carbocycles. The molecule has 0 radical (unpaired) electrons. The molecule has 1 aliphatic rings. The lowest BCUT2D eigenvalue weighted by Crippen LogP contribution is -2.33. The molecule has 236 valence electrons. The number of rotatable bonds is 5. The van der Waals surface area contributed by atoms with E-state index < -0.39 is 0 Å². The van der Waals surface area contributed by atoms with Crippen molar-refractivity contribution in [2.45, 2.75) is 6.17 Å². The van der Waals surface area contributed by atoms with E-state index in [0.717, 1.165) is 50.3 Å². The highest BCUT2D eigenvalue weighted by atomic mass is 32.1. The minimum absolute atomic E-state index is 0.237. The van der Waals surface area contributed by atoms with Gasteiger partial charge in [-0.25, -0.2) is 9.98 Å². The van der Waals surface area contributed by atoms with Gasteiger partial charge in [-0.05, 0) is 46.5 Å². The summed E-state index contributed by atoms with van der Waals surface area (Å²) in [5, 5.41) is 8.33. The Morgan fingerprint density at radius 2 is 1.20 bits per heavy atom. The van der Waals surface area contributed by atoms with Crippen LogP contribution in [0.5, 0.6) is 0 Å². The van der Waals surface area contributed by atoms with Gasteiger partial charge in [-0.2, -0.15) is 0 Å². The number of para-hydroxylation sites is 1. The lowest BCUT2D eigenvalue weighted by atomic mass is 9.93. The number of hydrogen-bond acceptors (Lipinski definition) is 5. The zero-order valence-electron chi connectivity index (χ0n) is 26.9. The number of thiophene rings is 1. The van der Waals surface area contributed by atoms with Gasteiger partial charge in [0.05, 0.1) is 0 Å². The lowest BCUT2D eigenvalue weighted by Gasteiger charge is -2.23. The Bertz CT molecular complexity index is 2790. The number of benzene rings is 7. The zero-order chi connectivity index (χ0) is 33.0. The highest BCUT2D eigenvalue weighted by Gasteiger charge is 2.22. The van der Waals surface area contributed by atoms with Crippen LogP contribution in [0.1, 0.15) is 22.9 Å². The van der Waals surface area contributed by atoms with Crippen LogP contribution in [0.4, 0.5) is 0 Å². The molecule has 3 heterocycles. The number of aliphatic imine (C=N–C) groups is 2. The van der Waals surface area contributed by atoms with E-state index in [-0.39, 0.29) is 6.17 Å². The fourth-order valence-electron chi connectivity index (χ4n) is 7.14. The van der Waals surface area contributed by atoms with Crippen molar-refractivity contribution in [2.24, 2.45) is 9.98 Å². The Labute approximate surface area is 292 Å². The second-order valence-corrected chi connectivity index (χ2v) is 13.6. The molecule has 1 aliphatic heterocycles. The Morgan fingerprint density at radius 1 is 0.500 bits per heavy atom. The standard InChI is InChI=1S/C45H29N3OS/c1-3-12-28(13-4-1)43-46-44(29-14-5-2-6-15-29)48-45(47-43)31-22-24-35-37-20-11-19-36(42(37)50-41(35)27-31)33-17-8-7-16-32(33)30-23-25-40-38(26-30)34-18-9-10-21-39(34)49-40/h1-27,43H,(H,46,47,48). The van der Waals surface area contributed by atoms with Gasteiger partial charge in [-0.15, -0.1) is 11.3 Å². The number of fused-ring (bicyclic) bond motifs is 6. The molecule has 0 saturated carbocycles. The van der Waals surface area contributed by atoms with E-state index in [1.54, 1.807) is 0 Å². The second kappa shape index (κ2) is 11.7. The Morgan fingerprint density at radius 3 is 2.08 bits per heavy atom. The quantitative estimate of drug-likeness (QED) is 0.200. The molecule has 1 atom stereocenters. The van der Waals surface area contributed by atoms with Crippen LogP contribution in [-0.2, 0) is 0 Å². The molecule has 50 heavy (non-hydrogen) atoms. The molecule has 0 spiro atoms. The molecule has 7 aromatic carbocycles. The number of hydrogen-bond donors (Lipinski definition) is 1. The number of furan rings is 1. The molecule has 0 saturated heterocycles. The average Bonchev–Trinajstić information content (AvgIpc) is 3.76. The van der Waals surface area contributed by atoms with Gasteiger partial charge in [0.2, 0.25) is 0 Å². The summed E-state index contributed by atoms with van der Waals surface area (Å²) in [5.74, 6) is 1.55. The average molecular weight is 660 g/mol. The van der Waals surface area contributed by atoms with E-state index in [1.165, 1.54) is 42.4 Å². The maximum Gasteiger partial charge on any atom is 0.159 e. The van der Waals surface area contributed by atoms with Crippen LogP contribution in [0, 0.1) is 0 Å². The maximum atomic E-state index is 6.14. The van der Waals surface area contributed by atoms with E-state index in [2.05, 4.69) is 133 Å². The van der Waals surface area contributed by atoms with Crippen LogP contribution < -0.4 is 5.32 Å². The van der Waals surface area contributed by atoms with Crippen molar-refractivity contribution in [3.05, 3.63) is 180 Å². The molecule has 9 aromatic rings. The lowest BCUT2D eigenvalue weighted by molar-refractivity contribution is 0.669. The van der Waals surface area contributed by atoms with Crippen LogP contribution >= 0.6 is 11.3 Å². The van der Waals surface area contributed by atoms with Crippen molar-refractivity contribution >= 4 is 65.1 Å². The summed E-state index contributed by atoms with van der Waals surface area (Å²) in [7, 11) is 0. The summed E-state index contributed by atoms with van der Waals surface area (Å²) in [6.07, 6.45) is -0.237. The van der Waals surface area contributed by atoms with Crippen molar-refractivity contribution in [3.63, 3.8) is 0 Å². The predicted octanol–water partition coefficient (Wildman–Crippen LogP) is 11.8. The SMILES string of the molecule is c1ccc(C2=NC(c3ccc4c(c3)sc3c(-c5ccccc5-c5ccc6oc7ccccc7c6c5)cccc34)=NC(c3ccccc3)N2)cc1. The van der Waals surface area contributed by atoms with E-state index in [1.807, 2.05) is 47.7 Å². The molecule has 0 bridgehead atoms. The van der Waals surface area contributed by atoms with E-state index in [0.29, 0.717) is 0 Å². The van der Waals surface area contributed by atoms with Crippen molar-refractivity contribution in [1.82, 2.24) is 5.32 Å². The zero-order valence-corrected chi connectivity index (χ0v) is 27.7.